The average molecular weight is 661 g/mol. The summed E-state index contributed by atoms with van der Waals surface area (Å²) in [5, 5.41) is -2.87. The Hall–Kier alpha value is -6.65. The second-order valence-electron chi connectivity index (χ2n) is 9.71. The van der Waals surface area contributed by atoms with E-state index < -0.39 is 266 Å². The molecule has 0 aliphatic heterocycles. The fraction of sp³-hybridized carbons (Fsp3) is 0. The van der Waals surface area contributed by atoms with E-state index in [0.29, 0.717) is 0 Å². The van der Waals surface area contributed by atoms with Gasteiger partial charge in [-0.15, -0.1) is 0 Å². The van der Waals surface area contributed by atoms with Crippen LogP contribution in [0.2, 0.25) is 0 Å². The molecule has 1 heterocycles. The van der Waals surface area contributed by atoms with Crippen molar-refractivity contribution in [2.45, 2.75) is 0 Å². The van der Waals surface area contributed by atoms with Crippen LogP contribution in [0.4, 0.5) is 34.1 Å². The molecule has 0 saturated carbocycles. The first-order chi connectivity index (χ1) is 37.2. The quantitative estimate of drug-likeness (QED) is 0.159. The van der Waals surface area contributed by atoms with Gasteiger partial charge in [0.1, 0.15) is 5.52 Å². The van der Waals surface area contributed by atoms with E-state index in [1.807, 2.05) is 0 Å². The Morgan fingerprint density at radius 1 is 0.429 bits per heavy atom. The number of para-hydroxylation sites is 3. The van der Waals surface area contributed by atoms with Crippen molar-refractivity contribution in [1.82, 2.24) is 4.98 Å². The molecule has 0 amide bonds. The maximum Gasteiger partial charge on any atom is 0.227 e. The van der Waals surface area contributed by atoms with Crippen molar-refractivity contribution in [3.63, 3.8) is 0 Å². The van der Waals surface area contributed by atoms with Crippen molar-refractivity contribution in [3.8, 4) is 11.5 Å². The number of nitrogens with zero attached hydrogens (tertiary/aromatic N) is 3. The van der Waals surface area contributed by atoms with E-state index in [9.17, 15) is 12.3 Å². The van der Waals surface area contributed by atoms with Crippen molar-refractivity contribution in [1.29, 1.82) is 0 Å². The van der Waals surface area contributed by atoms with Gasteiger partial charge in [-0.2, -0.15) is 0 Å². The first kappa shape index (κ1) is 10.9. The zero-order chi connectivity index (χ0) is 59.5. The van der Waals surface area contributed by atoms with Gasteiger partial charge in [0, 0.05) is 45.1 Å². The summed E-state index contributed by atoms with van der Waals surface area (Å²) in [7, 11) is 0. The molecule has 0 fully saturated rings. The van der Waals surface area contributed by atoms with Crippen molar-refractivity contribution in [2.75, 3.05) is 9.80 Å². The molecule has 0 N–H and O–H groups in total. The van der Waals surface area contributed by atoms with E-state index in [4.69, 9.17) is 34.6 Å². The lowest BCUT2D eigenvalue weighted by Gasteiger charge is -2.29. The third-order valence-electron chi connectivity index (χ3n) is 6.89. The monoisotopic (exact) mass is 660 g/mol. The summed E-state index contributed by atoms with van der Waals surface area (Å²) in [5.41, 5.74) is -9.08. The molecule has 0 radical (unpaired) electrons. The molecule has 232 valence electrons. The number of hydrogen-bond acceptors (Lipinski definition) is 4. The number of fused-ring (bicyclic) bond motifs is 5. The number of benzene rings is 8. The lowest BCUT2D eigenvalue weighted by molar-refractivity contribution is 0.623. The molecule has 0 bridgehead atoms. The molecule has 0 atom stereocenters. The van der Waals surface area contributed by atoms with Crippen molar-refractivity contribution in [2.24, 2.45) is 0 Å². The van der Waals surface area contributed by atoms with Gasteiger partial charge in [-0.3, -0.25) is 0 Å². The molecule has 0 aliphatic rings. The standard InChI is InChI=1S/C45H31N3O/c1-5-14-34(15-6-1)45-46-42-29-27-33-25-24-32-26-28-40(31-41(32)43(33)44(42)49-45)48(37-20-11-4-12-21-37)39-23-13-22-38(30-39)47(35-16-7-2-8-17-35)36-18-9-3-10-19-36/h1-31H/i1D,2D,3D,4D,5D,6D,7D,8D,9D,10D,11D,12D,13D,14D,15D,16D,17D,18D,19D,20D,21D,22D,23D,24D,25D,26D,27D,28D,29D,30D,31D. The van der Waals surface area contributed by atoms with Crippen LogP contribution in [-0.2, 0) is 0 Å². The van der Waals surface area contributed by atoms with E-state index in [1.165, 1.54) is 0 Å². The Balaban J connectivity index is 1.55. The summed E-state index contributed by atoms with van der Waals surface area (Å²) in [5.74, 6) is -0.769. The molecule has 4 nitrogen and oxygen atoms in total. The Morgan fingerprint density at radius 2 is 0.898 bits per heavy atom. The fourth-order valence-electron chi connectivity index (χ4n) is 4.87. The van der Waals surface area contributed by atoms with Crippen LogP contribution in [0.1, 0.15) is 42.5 Å². The van der Waals surface area contributed by atoms with Gasteiger partial charge < -0.3 is 14.2 Å². The van der Waals surface area contributed by atoms with E-state index in [1.54, 1.807) is 0 Å². The van der Waals surface area contributed by atoms with Crippen LogP contribution in [0.25, 0.3) is 44.1 Å². The molecule has 8 aromatic carbocycles. The van der Waals surface area contributed by atoms with Crippen LogP contribution in [0.15, 0.2) is 192 Å². The Labute approximate surface area is 328 Å². The predicted octanol–water partition coefficient (Wildman–Crippen LogP) is 12.7. The van der Waals surface area contributed by atoms with Gasteiger partial charge in [0.15, 0.2) is 5.58 Å². The minimum atomic E-state index is -1.42. The molecule has 49 heavy (non-hydrogen) atoms. The first-order valence-electron chi connectivity index (χ1n) is 29.4. The third-order valence-corrected chi connectivity index (χ3v) is 6.89. The molecule has 9 rings (SSSR count). The highest BCUT2D eigenvalue weighted by Gasteiger charge is 2.19. The van der Waals surface area contributed by atoms with Crippen LogP contribution in [0.5, 0.6) is 0 Å². The number of hydrogen-bond donors (Lipinski definition) is 0. The minimum absolute atomic E-state index is 0.281. The molecule has 1 aromatic heterocycles. The van der Waals surface area contributed by atoms with Crippen molar-refractivity contribution >= 4 is 66.8 Å². The number of aromatic nitrogens is 1. The van der Waals surface area contributed by atoms with Crippen LogP contribution in [-0.4, -0.2) is 4.98 Å². The van der Waals surface area contributed by atoms with Crippen molar-refractivity contribution in [3.05, 3.63) is 187 Å². The van der Waals surface area contributed by atoms with Crippen LogP contribution in [0, 0.1) is 0 Å². The maximum absolute atomic E-state index is 10.1. The largest absolute Gasteiger partial charge is 0.435 e. The van der Waals surface area contributed by atoms with Crippen LogP contribution < -0.4 is 9.80 Å². The lowest BCUT2D eigenvalue weighted by Crippen LogP contribution is -2.13. The summed E-state index contributed by atoms with van der Waals surface area (Å²) in [6, 6.07) is -33.9. The smallest absolute Gasteiger partial charge is 0.227 e. The topological polar surface area (TPSA) is 32.5 Å². The second kappa shape index (κ2) is 12.2. The van der Waals surface area contributed by atoms with Gasteiger partial charge in [-0.05, 0) is 101 Å². The number of oxazole rings is 1. The molecule has 0 unspecified atom stereocenters. The first-order valence-corrected chi connectivity index (χ1v) is 13.9. The Kier molecular flexibility index (Phi) is 2.72. The zero-order valence-electron chi connectivity index (χ0n) is 55.2. The Morgan fingerprint density at radius 3 is 1.51 bits per heavy atom. The second-order valence-corrected chi connectivity index (χ2v) is 9.71. The van der Waals surface area contributed by atoms with Crippen molar-refractivity contribution < 1.29 is 46.9 Å². The highest BCUT2D eigenvalue weighted by Crippen LogP contribution is 2.42. The van der Waals surface area contributed by atoms with E-state index >= 15 is 0 Å². The highest BCUT2D eigenvalue weighted by atomic mass is 16.3. The number of anilines is 6. The fourth-order valence-corrected chi connectivity index (χ4v) is 4.87. The van der Waals surface area contributed by atoms with Crippen LogP contribution in [0.3, 0.4) is 0 Å². The van der Waals surface area contributed by atoms with Gasteiger partial charge in [0.05, 0.1) is 42.5 Å². The van der Waals surface area contributed by atoms with Gasteiger partial charge in [-0.1, -0.05) is 103 Å². The normalized spacial score (nSPS) is 20.1. The SMILES string of the molecule is [2H]c1c([2H])c([2H])c(-c2nc3c([2H])c([2H])c4c([2H])c([2H])c5c([2H])c([2H])c(N(c6c([2H])c([2H])c([2H])c([2H])c6[2H])c6c([2H])c([2H])c([2H])c(N(c7c([2H])c([2H])c([2H])c([2H])c7[2H])c7c([2H])c([2H])c([2H])c([2H])c7[2H])c6[2H])c([2H])c5c4c3o2)c([2H])c1[2H]. The molecule has 9 aromatic rings. The molecule has 0 aliphatic carbocycles. The molecule has 0 saturated heterocycles. The summed E-state index contributed by atoms with van der Waals surface area (Å²) in [6.07, 6.45) is 0. The van der Waals surface area contributed by atoms with Gasteiger partial charge >= 0.3 is 0 Å². The lowest BCUT2D eigenvalue weighted by atomic mass is 10.00. The van der Waals surface area contributed by atoms with Gasteiger partial charge in [-0.25, -0.2) is 4.98 Å². The summed E-state index contributed by atoms with van der Waals surface area (Å²) >= 11 is 0. The molecular weight excluding hydrogens is 599 g/mol. The predicted molar refractivity (Wildman–Crippen MR) is 204 cm³/mol. The van der Waals surface area contributed by atoms with Crippen LogP contribution >= 0.6 is 0 Å². The molecule has 4 heteroatoms. The summed E-state index contributed by atoms with van der Waals surface area (Å²) in [6.45, 7) is 0. The molecular formula is C45H31N3O. The van der Waals surface area contributed by atoms with Gasteiger partial charge in [0.25, 0.3) is 0 Å². The summed E-state index contributed by atoms with van der Waals surface area (Å²) < 4.78 is 282. The summed E-state index contributed by atoms with van der Waals surface area (Å²) in [4.78, 5) is 4.77. The van der Waals surface area contributed by atoms with Gasteiger partial charge in [0.2, 0.25) is 5.89 Å². The third kappa shape index (κ3) is 5.26. The highest BCUT2D eigenvalue weighted by molar-refractivity contribution is 6.18. The van der Waals surface area contributed by atoms with E-state index in [0.717, 1.165) is 0 Å². The average Bonchev–Trinajstić information content (AvgIpc) is 3.90. The zero-order valence-corrected chi connectivity index (χ0v) is 24.2. The number of rotatable bonds is 7. The minimum Gasteiger partial charge on any atom is -0.435 e. The molecule has 0 spiro atoms. The Bertz CT molecular complexity index is 4160. The van der Waals surface area contributed by atoms with E-state index in [2.05, 4.69) is 4.98 Å². The maximum atomic E-state index is 10.1. The van der Waals surface area contributed by atoms with E-state index in [-0.39, 0.29) is 9.80 Å².